The van der Waals surface area contributed by atoms with Crippen LogP contribution in [0, 0.1) is 0 Å². The predicted octanol–water partition coefficient (Wildman–Crippen LogP) is 3.58. The lowest BCUT2D eigenvalue weighted by atomic mass is 10.0. The Kier molecular flexibility index (Phi) is 6.04. The lowest BCUT2D eigenvalue weighted by Crippen LogP contribution is -2.46. The van der Waals surface area contributed by atoms with Gasteiger partial charge in [-0.1, -0.05) is 51.3 Å². The van der Waals surface area contributed by atoms with Gasteiger partial charge >= 0.3 is 0 Å². The van der Waals surface area contributed by atoms with Crippen molar-refractivity contribution in [2.75, 3.05) is 0 Å². The van der Waals surface area contributed by atoms with Crippen molar-refractivity contribution >= 4 is 50.9 Å². The summed E-state index contributed by atoms with van der Waals surface area (Å²) in [5, 5.41) is 3.45. The highest BCUT2D eigenvalue weighted by Gasteiger charge is 2.22. The van der Waals surface area contributed by atoms with Gasteiger partial charge in [0.1, 0.15) is 6.04 Å². The first kappa shape index (κ1) is 17.8. The first-order valence-corrected chi connectivity index (χ1v) is 8.22. The second kappa shape index (κ2) is 7.81. The van der Waals surface area contributed by atoms with E-state index in [1.807, 2.05) is 0 Å². The Bertz CT molecular complexity index is 732. The average molecular weight is 416 g/mol. The van der Waals surface area contributed by atoms with Gasteiger partial charge in [0, 0.05) is 26.5 Å². The molecule has 0 unspecified atom stereocenters. The largest absolute Gasteiger partial charge is 0.368 e. The first-order chi connectivity index (χ1) is 10.9. The Balaban J connectivity index is 2.19. The third-order valence-electron chi connectivity index (χ3n) is 3.21. The van der Waals surface area contributed by atoms with Gasteiger partial charge in [-0.05, 0) is 35.9 Å². The minimum atomic E-state index is -0.918. The molecule has 23 heavy (non-hydrogen) atoms. The summed E-state index contributed by atoms with van der Waals surface area (Å²) in [6.45, 7) is 0. The molecular weight excluding hydrogens is 403 g/mol. The molecule has 0 bridgehead atoms. The van der Waals surface area contributed by atoms with E-state index in [1.165, 1.54) is 0 Å². The van der Waals surface area contributed by atoms with E-state index in [2.05, 4.69) is 21.2 Å². The topological polar surface area (TPSA) is 72.2 Å². The summed E-state index contributed by atoms with van der Waals surface area (Å²) in [4.78, 5) is 23.9. The highest BCUT2D eigenvalue weighted by Crippen LogP contribution is 2.25. The molecule has 0 aliphatic heterocycles. The monoisotopic (exact) mass is 414 g/mol. The number of amides is 2. The van der Waals surface area contributed by atoms with Crippen molar-refractivity contribution in [1.82, 2.24) is 5.32 Å². The zero-order chi connectivity index (χ0) is 17.0. The van der Waals surface area contributed by atoms with Crippen molar-refractivity contribution in [3.05, 3.63) is 68.1 Å². The van der Waals surface area contributed by atoms with Crippen LogP contribution in [-0.2, 0) is 11.2 Å². The number of hydrogen-bond acceptors (Lipinski definition) is 2. The molecule has 0 heterocycles. The highest BCUT2D eigenvalue weighted by molar-refractivity contribution is 9.10. The van der Waals surface area contributed by atoms with E-state index in [0.717, 1.165) is 4.47 Å². The fourth-order valence-electron chi connectivity index (χ4n) is 2.03. The molecule has 0 saturated heterocycles. The normalized spacial score (nSPS) is 11.8. The van der Waals surface area contributed by atoms with E-state index in [4.69, 9.17) is 28.9 Å². The summed E-state index contributed by atoms with van der Waals surface area (Å²) in [5.41, 5.74) is 6.37. The number of primary amides is 1. The van der Waals surface area contributed by atoms with Crippen LogP contribution in [0.1, 0.15) is 15.9 Å². The highest BCUT2D eigenvalue weighted by atomic mass is 79.9. The third-order valence-corrected chi connectivity index (χ3v) is 4.41. The predicted molar refractivity (Wildman–Crippen MR) is 94.8 cm³/mol. The summed E-state index contributed by atoms with van der Waals surface area (Å²) in [7, 11) is 0. The molecule has 4 nitrogen and oxygen atoms in total. The molecule has 0 aliphatic carbocycles. The van der Waals surface area contributed by atoms with Crippen LogP contribution in [0.4, 0.5) is 0 Å². The maximum Gasteiger partial charge on any atom is 0.251 e. The molecular formula is C16H13BrCl2N2O2. The SMILES string of the molecule is NC(=O)[C@H](Cc1c(Cl)cccc1Cl)NC(=O)c1cccc(Br)c1. The van der Waals surface area contributed by atoms with Gasteiger partial charge in [-0.25, -0.2) is 0 Å². The number of nitrogens with two attached hydrogens (primary N) is 1. The fraction of sp³-hybridized carbons (Fsp3) is 0.125. The molecule has 2 aromatic rings. The van der Waals surface area contributed by atoms with Crippen molar-refractivity contribution in [2.24, 2.45) is 5.73 Å². The Morgan fingerprint density at radius 1 is 1.13 bits per heavy atom. The Hall–Kier alpha value is -1.56. The summed E-state index contributed by atoms with van der Waals surface area (Å²) >= 11 is 15.5. The van der Waals surface area contributed by atoms with Crippen molar-refractivity contribution in [1.29, 1.82) is 0 Å². The first-order valence-electron chi connectivity index (χ1n) is 6.67. The van der Waals surface area contributed by atoms with Crippen molar-refractivity contribution in [3.8, 4) is 0 Å². The maximum atomic E-state index is 12.3. The summed E-state index contributed by atoms with van der Waals surface area (Å²) in [6.07, 6.45) is 0.119. The van der Waals surface area contributed by atoms with Gasteiger partial charge in [-0.2, -0.15) is 0 Å². The molecule has 3 N–H and O–H groups in total. The fourth-order valence-corrected chi connectivity index (χ4v) is 2.98. The van der Waals surface area contributed by atoms with Crippen LogP contribution in [0.2, 0.25) is 10.0 Å². The number of benzene rings is 2. The molecule has 0 saturated carbocycles. The van der Waals surface area contributed by atoms with Gasteiger partial charge in [-0.15, -0.1) is 0 Å². The van der Waals surface area contributed by atoms with Gasteiger partial charge in [0.2, 0.25) is 5.91 Å². The molecule has 2 aromatic carbocycles. The van der Waals surface area contributed by atoms with E-state index in [1.54, 1.807) is 42.5 Å². The molecule has 0 aliphatic rings. The number of nitrogens with one attached hydrogen (secondary N) is 1. The van der Waals surface area contributed by atoms with Crippen LogP contribution in [-0.4, -0.2) is 17.9 Å². The van der Waals surface area contributed by atoms with Crippen LogP contribution < -0.4 is 11.1 Å². The molecule has 1 atom stereocenters. The van der Waals surface area contributed by atoms with E-state index < -0.39 is 17.9 Å². The number of carbonyl (C=O) groups is 2. The smallest absolute Gasteiger partial charge is 0.251 e. The molecule has 7 heteroatoms. The van der Waals surface area contributed by atoms with Crippen LogP contribution >= 0.6 is 39.1 Å². The van der Waals surface area contributed by atoms with Crippen LogP contribution in [0.15, 0.2) is 46.9 Å². The molecule has 0 spiro atoms. The third kappa shape index (κ3) is 4.70. The minimum Gasteiger partial charge on any atom is -0.368 e. The number of carbonyl (C=O) groups excluding carboxylic acids is 2. The van der Waals surface area contributed by atoms with Crippen LogP contribution in [0.3, 0.4) is 0 Å². The van der Waals surface area contributed by atoms with Gasteiger partial charge < -0.3 is 11.1 Å². The van der Waals surface area contributed by atoms with Crippen molar-refractivity contribution in [2.45, 2.75) is 12.5 Å². The van der Waals surface area contributed by atoms with Crippen molar-refractivity contribution in [3.63, 3.8) is 0 Å². The Morgan fingerprint density at radius 2 is 1.74 bits per heavy atom. The van der Waals surface area contributed by atoms with Gasteiger partial charge in [-0.3, -0.25) is 9.59 Å². The number of rotatable bonds is 5. The lowest BCUT2D eigenvalue weighted by Gasteiger charge is -2.17. The van der Waals surface area contributed by atoms with E-state index >= 15 is 0 Å². The van der Waals surface area contributed by atoms with Gasteiger partial charge in [0.25, 0.3) is 5.91 Å². The second-order valence-electron chi connectivity index (χ2n) is 4.84. The Labute approximate surface area is 152 Å². The van der Waals surface area contributed by atoms with E-state index in [-0.39, 0.29) is 6.42 Å². The van der Waals surface area contributed by atoms with Gasteiger partial charge in [0.05, 0.1) is 0 Å². The van der Waals surface area contributed by atoms with E-state index in [9.17, 15) is 9.59 Å². The van der Waals surface area contributed by atoms with E-state index in [0.29, 0.717) is 21.2 Å². The summed E-state index contributed by atoms with van der Waals surface area (Å²) in [5.74, 6) is -1.07. The van der Waals surface area contributed by atoms with Gasteiger partial charge in [0.15, 0.2) is 0 Å². The number of halogens is 3. The zero-order valence-electron chi connectivity index (χ0n) is 11.9. The maximum absolute atomic E-state index is 12.3. The molecule has 0 aromatic heterocycles. The average Bonchev–Trinajstić information content (AvgIpc) is 2.49. The molecule has 0 radical (unpaired) electrons. The zero-order valence-corrected chi connectivity index (χ0v) is 15.0. The number of hydrogen-bond donors (Lipinski definition) is 2. The van der Waals surface area contributed by atoms with Crippen LogP contribution in [0.25, 0.3) is 0 Å². The quantitative estimate of drug-likeness (QED) is 0.783. The molecule has 120 valence electrons. The molecule has 0 fully saturated rings. The molecule has 2 rings (SSSR count). The minimum absolute atomic E-state index is 0.119. The second-order valence-corrected chi connectivity index (χ2v) is 6.57. The summed E-state index contributed by atoms with van der Waals surface area (Å²) < 4.78 is 0.759. The molecule has 2 amide bonds. The van der Waals surface area contributed by atoms with Crippen molar-refractivity contribution < 1.29 is 9.59 Å². The standard InChI is InChI=1S/C16H13BrCl2N2O2/c17-10-4-1-3-9(7-10)16(23)21-14(15(20)22)8-11-12(18)5-2-6-13(11)19/h1-7,14H,8H2,(H2,20,22)(H,21,23)/t14-/m0/s1. The summed E-state index contributed by atoms with van der Waals surface area (Å²) in [6, 6.07) is 10.9. The van der Waals surface area contributed by atoms with Crippen LogP contribution in [0.5, 0.6) is 0 Å². The lowest BCUT2D eigenvalue weighted by molar-refractivity contribution is -0.119. The Morgan fingerprint density at radius 3 is 2.30 bits per heavy atom.